The standard InChI is InChI=1S/C18H19N3/c1-12-8-9-16(13(2)21-12)18(19-3)15-10-14-6-4-5-7-17(14)20-11-15/h4-11,18-19H,1-3H3. The quantitative estimate of drug-likeness (QED) is 0.795. The second-order valence-corrected chi connectivity index (χ2v) is 5.31. The van der Waals surface area contributed by atoms with E-state index in [4.69, 9.17) is 0 Å². The first kappa shape index (κ1) is 13.7. The first-order valence-corrected chi connectivity index (χ1v) is 7.15. The number of aromatic nitrogens is 2. The van der Waals surface area contributed by atoms with Crippen molar-refractivity contribution >= 4 is 10.9 Å². The van der Waals surface area contributed by atoms with Crippen LogP contribution < -0.4 is 5.32 Å². The van der Waals surface area contributed by atoms with Gasteiger partial charge in [-0.05, 0) is 50.2 Å². The molecule has 3 aromatic rings. The third-order valence-corrected chi connectivity index (χ3v) is 3.81. The van der Waals surface area contributed by atoms with Crippen LogP contribution in [0.5, 0.6) is 0 Å². The monoisotopic (exact) mass is 277 g/mol. The van der Waals surface area contributed by atoms with Gasteiger partial charge in [-0.15, -0.1) is 0 Å². The lowest BCUT2D eigenvalue weighted by Crippen LogP contribution is -2.19. The van der Waals surface area contributed by atoms with E-state index in [1.807, 2.05) is 38.4 Å². The first-order chi connectivity index (χ1) is 10.2. The van der Waals surface area contributed by atoms with Crippen molar-refractivity contribution in [1.29, 1.82) is 0 Å². The number of aryl methyl sites for hydroxylation is 2. The van der Waals surface area contributed by atoms with Crippen LogP contribution in [0.3, 0.4) is 0 Å². The highest BCUT2D eigenvalue weighted by Gasteiger charge is 2.15. The molecule has 1 aromatic carbocycles. The molecule has 0 amide bonds. The third kappa shape index (κ3) is 2.65. The summed E-state index contributed by atoms with van der Waals surface area (Å²) in [5.41, 5.74) is 5.48. The minimum Gasteiger partial charge on any atom is -0.309 e. The van der Waals surface area contributed by atoms with E-state index in [1.54, 1.807) is 0 Å². The lowest BCUT2D eigenvalue weighted by Gasteiger charge is -2.19. The Hall–Kier alpha value is -2.26. The van der Waals surface area contributed by atoms with E-state index < -0.39 is 0 Å². The van der Waals surface area contributed by atoms with Crippen LogP contribution in [0.2, 0.25) is 0 Å². The van der Waals surface area contributed by atoms with Crippen molar-refractivity contribution in [3.63, 3.8) is 0 Å². The second-order valence-electron chi connectivity index (χ2n) is 5.31. The molecule has 1 atom stereocenters. The minimum atomic E-state index is 0.107. The van der Waals surface area contributed by atoms with Crippen LogP contribution >= 0.6 is 0 Å². The molecular weight excluding hydrogens is 258 g/mol. The summed E-state index contributed by atoms with van der Waals surface area (Å²) in [5.74, 6) is 0. The average Bonchev–Trinajstić information content (AvgIpc) is 2.50. The van der Waals surface area contributed by atoms with E-state index in [2.05, 4.69) is 46.5 Å². The van der Waals surface area contributed by atoms with Gasteiger partial charge in [0.15, 0.2) is 0 Å². The van der Waals surface area contributed by atoms with Gasteiger partial charge in [-0.25, -0.2) is 0 Å². The molecule has 3 nitrogen and oxygen atoms in total. The zero-order valence-electron chi connectivity index (χ0n) is 12.6. The maximum absolute atomic E-state index is 4.57. The van der Waals surface area contributed by atoms with Gasteiger partial charge in [0, 0.05) is 23.0 Å². The molecule has 1 unspecified atom stereocenters. The van der Waals surface area contributed by atoms with Gasteiger partial charge < -0.3 is 5.32 Å². The topological polar surface area (TPSA) is 37.8 Å². The van der Waals surface area contributed by atoms with Crippen molar-refractivity contribution in [1.82, 2.24) is 15.3 Å². The Morgan fingerprint density at radius 3 is 2.62 bits per heavy atom. The van der Waals surface area contributed by atoms with Crippen molar-refractivity contribution < 1.29 is 0 Å². The molecule has 2 aromatic heterocycles. The summed E-state index contributed by atoms with van der Waals surface area (Å²) >= 11 is 0. The van der Waals surface area contributed by atoms with Crippen molar-refractivity contribution in [2.45, 2.75) is 19.9 Å². The lowest BCUT2D eigenvalue weighted by molar-refractivity contribution is 0.680. The summed E-state index contributed by atoms with van der Waals surface area (Å²) < 4.78 is 0. The molecule has 0 bridgehead atoms. The molecule has 0 aliphatic rings. The highest BCUT2D eigenvalue weighted by molar-refractivity contribution is 5.79. The van der Waals surface area contributed by atoms with Crippen molar-refractivity contribution in [2.24, 2.45) is 0 Å². The first-order valence-electron chi connectivity index (χ1n) is 7.15. The van der Waals surface area contributed by atoms with Crippen LogP contribution in [0.25, 0.3) is 10.9 Å². The van der Waals surface area contributed by atoms with Gasteiger partial charge in [0.2, 0.25) is 0 Å². The fraction of sp³-hybridized carbons (Fsp3) is 0.222. The fourth-order valence-electron chi connectivity index (χ4n) is 2.75. The number of rotatable bonds is 3. The van der Waals surface area contributed by atoms with Gasteiger partial charge >= 0.3 is 0 Å². The Labute approximate surface area is 125 Å². The number of pyridine rings is 2. The van der Waals surface area contributed by atoms with E-state index in [0.717, 1.165) is 27.9 Å². The minimum absolute atomic E-state index is 0.107. The third-order valence-electron chi connectivity index (χ3n) is 3.81. The molecule has 106 valence electrons. The van der Waals surface area contributed by atoms with Gasteiger partial charge in [0.05, 0.1) is 11.6 Å². The van der Waals surface area contributed by atoms with Crippen LogP contribution in [-0.2, 0) is 0 Å². The fourth-order valence-corrected chi connectivity index (χ4v) is 2.75. The summed E-state index contributed by atoms with van der Waals surface area (Å²) in [4.78, 5) is 9.13. The summed E-state index contributed by atoms with van der Waals surface area (Å²) in [5, 5.41) is 4.54. The van der Waals surface area contributed by atoms with E-state index in [0.29, 0.717) is 0 Å². The molecule has 2 heterocycles. The van der Waals surface area contributed by atoms with Crippen molar-refractivity contribution in [3.05, 3.63) is 71.2 Å². The Kier molecular flexibility index (Phi) is 3.67. The van der Waals surface area contributed by atoms with Gasteiger partial charge in [-0.3, -0.25) is 9.97 Å². The van der Waals surface area contributed by atoms with Crippen molar-refractivity contribution in [2.75, 3.05) is 7.05 Å². The molecule has 21 heavy (non-hydrogen) atoms. The van der Waals surface area contributed by atoms with Gasteiger partial charge in [-0.2, -0.15) is 0 Å². The van der Waals surface area contributed by atoms with E-state index >= 15 is 0 Å². The molecule has 0 fully saturated rings. The number of fused-ring (bicyclic) bond motifs is 1. The summed E-state index contributed by atoms with van der Waals surface area (Å²) in [7, 11) is 1.97. The molecule has 0 radical (unpaired) electrons. The SMILES string of the molecule is CNC(c1cnc2ccccc2c1)c1ccc(C)nc1C. The van der Waals surface area contributed by atoms with Gasteiger partial charge in [-0.1, -0.05) is 24.3 Å². The molecule has 3 rings (SSSR count). The normalized spacial score (nSPS) is 12.5. The Balaban J connectivity index is 2.09. The maximum atomic E-state index is 4.57. The zero-order chi connectivity index (χ0) is 14.8. The van der Waals surface area contributed by atoms with Crippen LogP contribution in [0.4, 0.5) is 0 Å². The van der Waals surface area contributed by atoms with E-state index in [1.165, 1.54) is 5.56 Å². The van der Waals surface area contributed by atoms with Crippen LogP contribution in [0, 0.1) is 13.8 Å². The molecule has 0 aliphatic carbocycles. The Bertz CT molecular complexity index is 780. The van der Waals surface area contributed by atoms with E-state index in [9.17, 15) is 0 Å². The molecule has 3 heteroatoms. The summed E-state index contributed by atoms with van der Waals surface area (Å²) in [6, 6.07) is 14.7. The highest BCUT2D eigenvalue weighted by Crippen LogP contribution is 2.25. The predicted octanol–water partition coefficient (Wildman–Crippen LogP) is 3.56. The largest absolute Gasteiger partial charge is 0.309 e. The molecule has 0 spiro atoms. The van der Waals surface area contributed by atoms with Crippen molar-refractivity contribution in [3.8, 4) is 0 Å². The molecule has 0 saturated heterocycles. The molecule has 1 N–H and O–H groups in total. The number of nitrogens with zero attached hydrogens (tertiary/aromatic N) is 2. The smallest absolute Gasteiger partial charge is 0.0702 e. The van der Waals surface area contributed by atoms with Crippen LogP contribution in [-0.4, -0.2) is 17.0 Å². The highest BCUT2D eigenvalue weighted by atomic mass is 14.9. The maximum Gasteiger partial charge on any atom is 0.0702 e. The number of nitrogens with one attached hydrogen (secondary N) is 1. The summed E-state index contributed by atoms with van der Waals surface area (Å²) in [6.07, 6.45) is 1.95. The Morgan fingerprint density at radius 2 is 1.86 bits per heavy atom. The predicted molar refractivity (Wildman–Crippen MR) is 86.4 cm³/mol. The number of hydrogen-bond acceptors (Lipinski definition) is 3. The zero-order valence-corrected chi connectivity index (χ0v) is 12.6. The number of benzene rings is 1. The van der Waals surface area contributed by atoms with E-state index in [-0.39, 0.29) is 6.04 Å². The lowest BCUT2D eigenvalue weighted by atomic mass is 9.97. The molecule has 0 aliphatic heterocycles. The van der Waals surface area contributed by atoms with Gasteiger partial charge in [0.1, 0.15) is 0 Å². The number of hydrogen-bond donors (Lipinski definition) is 1. The van der Waals surface area contributed by atoms with Crippen LogP contribution in [0.15, 0.2) is 48.7 Å². The van der Waals surface area contributed by atoms with Crippen LogP contribution in [0.1, 0.15) is 28.6 Å². The summed E-state index contributed by atoms with van der Waals surface area (Å²) in [6.45, 7) is 4.07. The molecule has 0 saturated carbocycles. The van der Waals surface area contributed by atoms with Gasteiger partial charge in [0.25, 0.3) is 0 Å². The second kappa shape index (κ2) is 5.62. The number of para-hydroxylation sites is 1. The Morgan fingerprint density at radius 1 is 1.05 bits per heavy atom. The molecular formula is C18H19N3. The average molecular weight is 277 g/mol.